The molecule has 6 heteroatoms. The number of ether oxygens (including phenoxy) is 1. The maximum absolute atomic E-state index is 12.1. The Hall–Kier alpha value is -1.17. The average molecular weight is 344 g/mol. The second-order valence-corrected chi connectivity index (χ2v) is 6.43. The van der Waals surface area contributed by atoms with Crippen LogP contribution in [0.15, 0.2) is 11.1 Å². The molecule has 0 spiro atoms. The lowest BCUT2D eigenvalue weighted by atomic mass is 9.93. The van der Waals surface area contributed by atoms with Gasteiger partial charge in [0.2, 0.25) is 0 Å². The van der Waals surface area contributed by atoms with Crippen LogP contribution in [0, 0.1) is 5.92 Å². The van der Waals surface area contributed by atoms with Gasteiger partial charge in [-0.25, -0.2) is 4.90 Å². The fourth-order valence-corrected chi connectivity index (χ4v) is 2.52. The minimum Gasteiger partial charge on any atom is -0.443 e. The number of amides is 2. The number of rotatable bonds is 4. The summed E-state index contributed by atoms with van der Waals surface area (Å²) in [5.41, 5.74) is 1.22. The molecule has 20 heavy (non-hydrogen) atoms. The van der Waals surface area contributed by atoms with Crippen molar-refractivity contribution in [3.05, 3.63) is 11.1 Å². The topological polar surface area (TPSA) is 63.7 Å². The van der Waals surface area contributed by atoms with Crippen LogP contribution in [0.1, 0.15) is 39.5 Å². The van der Waals surface area contributed by atoms with E-state index in [0.29, 0.717) is 24.0 Å². The molecular formula is C14H18BrNO4. The quantitative estimate of drug-likeness (QED) is 0.445. The van der Waals surface area contributed by atoms with Crippen LogP contribution in [0.3, 0.4) is 0 Å². The van der Waals surface area contributed by atoms with E-state index in [1.54, 1.807) is 0 Å². The van der Waals surface area contributed by atoms with Crippen LogP contribution in [-0.2, 0) is 19.1 Å². The number of carbonyl (C=O) groups excluding carboxylic acids is 3. The van der Waals surface area contributed by atoms with Crippen LogP contribution in [-0.4, -0.2) is 34.2 Å². The molecule has 0 aromatic heterocycles. The minimum atomic E-state index is -0.453. The normalized spacial score (nSPS) is 20.5. The van der Waals surface area contributed by atoms with Crippen molar-refractivity contribution in [2.24, 2.45) is 5.92 Å². The molecule has 0 aromatic carbocycles. The lowest BCUT2D eigenvalue weighted by Gasteiger charge is -2.18. The summed E-state index contributed by atoms with van der Waals surface area (Å²) in [6.45, 7) is 3.47. The van der Waals surface area contributed by atoms with E-state index in [4.69, 9.17) is 4.74 Å². The third-order valence-corrected chi connectivity index (χ3v) is 5.05. The molecule has 0 radical (unpaired) electrons. The first-order valence-corrected chi connectivity index (χ1v) is 7.74. The number of hydrogen-bond donors (Lipinski definition) is 0. The van der Waals surface area contributed by atoms with E-state index in [9.17, 15) is 14.4 Å². The summed E-state index contributed by atoms with van der Waals surface area (Å²) in [5, 5.41) is 0. The third kappa shape index (κ3) is 2.80. The molecule has 5 nitrogen and oxygen atoms in total. The zero-order valence-electron chi connectivity index (χ0n) is 11.6. The van der Waals surface area contributed by atoms with E-state index in [1.165, 1.54) is 0 Å². The van der Waals surface area contributed by atoms with Crippen molar-refractivity contribution in [3.63, 3.8) is 0 Å². The number of carbonyl (C=O) groups is 3. The van der Waals surface area contributed by atoms with Gasteiger partial charge in [-0.2, -0.15) is 0 Å². The number of hydrogen-bond acceptors (Lipinski definition) is 4. The Bertz CT molecular complexity index is 456. The molecule has 2 amide bonds. The maximum atomic E-state index is 12.1. The third-order valence-electron chi connectivity index (χ3n) is 3.62. The fraction of sp³-hybridized carbons (Fsp3) is 0.643. The SMILES string of the molecule is CC(C)C(Br)C(=O)OCN1C(=O)C2=C(CCCC2)C1=O. The molecule has 1 unspecified atom stereocenters. The van der Waals surface area contributed by atoms with Crippen molar-refractivity contribution in [1.29, 1.82) is 0 Å². The van der Waals surface area contributed by atoms with Crippen LogP contribution in [0.4, 0.5) is 0 Å². The number of nitrogens with zero attached hydrogens (tertiary/aromatic N) is 1. The summed E-state index contributed by atoms with van der Waals surface area (Å²) in [7, 11) is 0. The van der Waals surface area contributed by atoms with Crippen molar-refractivity contribution in [2.45, 2.75) is 44.4 Å². The molecule has 110 valence electrons. The second-order valence-electron chi connectivity index (χ2n) is 5.44. The van der Waals surface area contributed by atoms with Gasteiger partial charge < -0.3 is 4.74 Å². The zero-order valence-corrected chi connectivity index (χ0v) is 13.2. The van der Waals surface area contributed by atoms with Crippen molar-refractivity contribution in [2.75, 3.05) is 6.73 Å². The van der Waals surface area contributed by atoms with E-state index in [1.807, 2.05) is 13.8 Å². The van der Waals surface area contributed by atoms with Gasteiger partial charge in [-0.1, -0.05) is 29.8 Å². The van der Waals surface area contributed by atoms with E-state index >= 15 is 0 Å². The molecule has 0 saturated carbocycles. The molecule has 2 aliphatic rings. The van der Waals surface area contributed by atoms with E-state index in [-0.39, 0.29) is 24.5 Å². The molecule has 2 rings (SSSR count). The van der Waals surface area contributed by atoms with E-state index in [0.717, 1.165) is 17.7 Å². The molecule has 0 saturated heterocycles. The summed E-state index contributed by atoms with van der Waals surface area (Å²) < 4.78 is 5.07. The lowest BCUT2D eigenvalue weighted by molar-refractivity contribution is -0.155. The van der Waals surface area contributed by atoms with Gasteiger partial charge in [0.1, 0.15) is 4.83 Å². The summed E-state index contributed by atoms with van der Waals surface area (Å²) in [4.78, 5) is 36.6. The summed E-state index contributed by atoms with van der Waals surface area (Å²) in [6, 6.07) is 0. The van der Waals surface area contributed by atoms with Gasteiger partial charge in [0, 0.05) is 11.1 Å². The summed E-state index contributed by atoms with van der Waals surface area (Å²) >= 11 is 3.24. The first kappa shape index (κ1) is 15.2. The first-order valence-electron chi connectivity index (χ1n) is 6.82. The average Bonchev–Trinajstić information content (AvgIpc) is 2.68. The van der Waals surface area contributed by atoms with E-state index in [2.05, 4.69) is 15.9 Å². The smallest absolute Gasteiger partial charge is 0.321 e. The molecule has 1 aliphatic heterocycles. The first-order chi connectivity index (χ1) is 9.43. The standard InChI is InChI=1S/C14H18BrNO4/c1-8(2)11(15)14(19)20-7-16-12(17)9-5-3-4-6-10(9)13(16)18/h8,11H,3-7H2,1-2H3. The molecule has 0 aromatic rings. The van der Waals surface area contributed by atoms with Crippen molar-refractivity contribution >= 4 is 33.7 Å². The van der Waals surface area contributed by atoms with Gasteiger partial charge in [-0.15, -0.1) is 0 Å². The number of halogens is 1. The van der Waals surface area contributed by atoms with Crippen molar-refractivity contribution in [1.82, 2.24) is 4.90 Å². The lowest BCUT2D eigenvalue weighted by Crippen LogP contribution is -2.36. The highest BCUT2D eigenvalue weighted by Gasteiger charge is 2.39. The van der Waals surface area contributed by atoms with E-state index < -0.39 is 10.8 Å². The Kier molecular flexibility index (Phi) is 4.62. The molecule has 1 atom stereocenters. The number of esters is 1. The van der Waals surface area contributed by atoms with Gasteiger partial charge in [0.15, 0.2) is 6.73 Å². The van der Waals surface area contributed by atoms with Gasteiger partial charge in [-0.05, 0) is 31.6 Å². The predicted molar refractivity (Wildman–Crippen MR) is 75.9 cm³/mol. The molecule has 1 heterocycles. The highest BCUT2D eigenvalue weighted by molar-refractivity contribution is 9.10. The van der Waals surface area contributed by atoms with Gasteiger partial charge in [0.05, 0.1) is 0 Å². The summed E-state index contributed by atoms with van der Waals surface area (Å²) in [6.07, 6.45) is 3.17. The number of imide groups is 1. The van der Waals surface area contributed by atoms with Crippen LogP contribution >= 0.6 is 15.9 Å². The predicted octanol–water partition coefficient (Wildman–Crippen LogP) is 2.15. The van der Waals surface area contributed by atoms with Crippen molar-refractivity contribution < 1.29 is 19.1 Å². The van der Waals surface area contributed by atoms with Crippen LogP contribution in [0.5, 0.6) is 0 Å². The van der Waals surface area contributed by atoms with Crippen molar-refractivity contribution in [3.8, 4) is 0 Å². The Labute approximate surface area is 126 Å². The molecule has 0 bridgehead atoms. The molecule has 0 N–H and O–H groups in total. The largest absolute Gasteiger partial charge is 0.443 e. The molecule has 0 fully saturated rings. The van der Waals surface area contributed by atoms with Crippen LogP contribution < -0.4 is 0 Å². The molecular weight excluding hydrogens is 326 g/mol. The maximum Gasteiger partial charge on any atom is 0.321 e. The second kappa shape index (κ2) is 6.08. The highest BCUT2D eigenvalue weighted by atomic mass is 79.9. The fourth-order valence-electron chi connectivity index (χ4n) is 2.39. The minimum absolute atomic E-state index is 0.0822. The Morgan fingerprint density at radius 3 is 2.15 bits per heavy atom. The Morgan fingerprint density at radius 1 is 1.20 bits per heavy atom. The molecule has 1 aliphatic carbocycles. The monoisotopic (exact) mass is 343 g/mol. The number of alkyl halides is 1. The van der Waals surface area contributed by atoms with Crippen LogP contribution in [0.2, 0.25) is 0 Å². The summed E-state index contributed by atoms with van der Waals surface area (Å²) in [5.74, 6) is -0.967. The zero-order chi connectivity index (χ0) is 14.9. The van der Waals surface area contributed by atoms with Gasteiger partial charge in [-0.3, -0.25) is 14.4 Å². The Morgan fingerprint density at radius 2 is 1.70 bits per heavy atom. The highest BCUT2D eigenvalue weighted by Crippen LogP contribution is 2.32. The van der Waals surface area contributed by atoms with Crippen LogP contribution in [0.25, 0.3) is 0 Å². The van der Waals surface area contributed by atoms with Gasteiger partial charge in [0.25, 0.3) is 11.8 Å². The van der Waals surface area contributed by atoms with Gasteiger partial charge >= 0.3 is 5.97 Å². The Balaban J connectivity index is 1.97.